The zero-order chi connectivity index (χ0) is 21.8. The van der Waals surface area contributed by atoms with Crippen molar-refractivity contribution in [3.8, 4) is 0 Å². The molecule has 1 amide bonds. The van der Waals surface area contributed by atoms with Gasteiger partial charge in [0.2, 0.25) is 0 Å². The van der Waals surface area contributed by atoms with Crippen molar-refractivity contribution in [3.05, 3.63) is 64.4 Å². The molecule has 10 heteroatoms. The molecule has 1 aliphatic rings. The number of benzene rings is 2. The summed E-state index contributed by atoms with van der Waals surface area (Å²) >= 11 is 5.73. The number of amides is 1. The summed E-state index contributed by atoms with van der Waals surface area (Å²) < 4.78 is 42.7. The molecule has 1 heterocycles. The molecule has 0 aliphatic carbocycles. The summed E-state index contributed by atoms with van der Waals surface area (Å²) in [6.07, 6.45) is -0.369. The summed E-state index contributed by atoms with van der Waals surface area (Å²) in [6, 6.07) is 10.3. The van der Waals surface area contributed by atoms with Crippen LogP contribution in [0.25, 0.3) is 0 Å². The summed E-state index contributed by atoms with van der Waals surface area (Å²) in [4.78, 5) is 12.2. The zero-order valence-electron chi connectivity index (χ0n) is 15.6. The van der Waals surface area contributed by atoms with E-state index in [1.807, 2.05) is 6.92 Å². The van der Waals surface area contributed by atoms with Crippen molar-refractivity contribution >= 4 is 27.8 Å². The van der Waals surface area contributed by atoms with Crippen LogP contribution >= 0.6 is 11.6 Å². The summed E-state index contributed by atoms with van der Waals surface area (Å²) in [5.74, 6) is -0.632. The van der Waals surface area contributed by atoms with Gasteiger partial charge in [-0.2, -0.15) is 8.42 Å². The molecule has 1 fully saturated rings. The number of nitrogens with two attached hydrogens (primary N) is 1. The molecule has 2 atom stereocenters. The van der Waals surface area contributed by atoms with E-state index in [0.29, 0.717) is 19.5 Å². The van der Waals surface area contributed by atoms with Crippen LogP contribution in [0.2, 0.25) is 5.02 Å². The van der Waals surface area contributed by atoms with Crippen molar-refractivity contribution in [2.75, 3.05) is 13.1 Å². The van der Waals surface area contributed by atoms with Crippen LogP contribution < -0.4 is 5.73 Å². The fraction of sp³-hybridized carbons (Fsp3) is 0.316. The first-order valence-electron chi connectivity index (χ1n) is 8.71. The van der Waals surface area contributed by atoms with E-state index < -0.39 is 22.0 Å². The number of carboxylic acid groups (broad SMARTS) is 1. The minimum atomic E-state index is -4.02. The van der Waals surface area contributed by atoms with Gasteiger partial charge in [-0.05, 0) is 43.2 Å². The summed E-state index contributed by atoms with van der Waals surface area (Å²) in [6.45, 7) is 2.59. The van der Waals surface area contributed by atoms with Crippen molar-refractivity contribution in [2.45, 2.75) is 30.2 Å². The molecule has 29 heavy (non-hydrogen) atoms. The Morgan fingerprint density at radius 1 is 1.24 bits per heavy atom. The molecular formula is C19H22ClFN2O5S. The average Bonchev–Trinajstić information content (AvgIpc) is 2.64. The molecule has 0 radical (unpaired) electrons. The summed E-state index contributed by atoms with van der Waals surface area (Å²) in [7, 11) is -4.02. The van der Waals surface area contributed by atoms with Crippen LogP contribution in [0, 0.1) is 12.7 Å². The van der Waals surface area contributed by atoms with Crippen molar-refractivity contribution in [3.63, 3.8) is 0 Å². The van der Waals surface area contributed by atoms with Gasteiger partial charge in [0.1, 0.15) is 5.82 Å². The third kappa shape index (κ3) is 6.40. The fourth-order valence-corrected chi connectivity index (χ4v) is 3.62. The van der Waals surface area contributed by atoms with E-state index in [1.54, 1.807) is 18.2 Å². The quantitative estimate of drug-likeness (QED) is 0.609. The molecule has 3 rings (SSSR count). The Morgan fingerprint density at radius 3 is 2.38 bits per heavy atom. The molecule has 0 aromatic heterocycles. The highest BCUT2D eigenvalue weighted by Gasteiger charge is 2.30. The van der Waals surface area contributed by atoms with E-state index in [0.717, 1.165) is 11.1 Å². The molecule has 7 nitrogen and oxygen atoms in total. The Hall–Kier alpha value is -2.20. The lowest BCUT2D eigenvalue weighted by Gasteiger charge is -2.35. The summed E-state index contributed by atoms with van der Waals surface area (Å²) in [5.41, 5.74) is 7.74. The van der Waals surface area contributed by atoms with Crippen molar-refractivity contribution in [1.29, 1.82) is 0 Å². The molecule has 0 saturated carbocycles. The maximum atomic E-state index is 13.1. The van der Waals surface area contributed by atoms with Crippen LogP contribution in [-0.4, -0.2) is 48.2 Å². The van der Waals surface area contributed by atoms with Crippen LogP contribution in [0.3, 0.4) is 0 Å². The molecular weight excluding hydrogens is 423 g/mol. The van der Waals surface area contributed by atoms with Gasteiger partial charge in [0.15, 0.2) is 0 Å². The first-order chi connectivity index (χ1) is 13.5. The summed E-state index contributed by atoms with van der Waals surface area (Å²) in [5, 5.41) is 9.02. The van der Waals surface area contributed by atoms with Gasteiger partial charge in [-0.1, -0.05) is 35.4 Å². The van der Waals surface area contributed by atoms with E-state index >= 15 is 0 Å². The highest BCUT2D eigenvalue weighted by Crippen LogP contribution is 2.29. The van der Waals surface area contributed by atoms with E-state index in [1.165, 1.54) is 29.2 Å². The van der Waals surface area contributed by atoms with Crippen LogP contribution in [-0.2, 0) is 10.1 Å². The van der Waals surface area contributed by atoms with Gasteiger partial charge < -0.3 is 15.7 Å². The van der Waals surface area contributed by atoms with E-state index in [-0.39, 0.29) is 21.9 Å². The molecule has 158 valence electrons. The van der Waals surface area contributed by atoms with Gasteiger partial charge in [-0.15, -0.1) is 0 Å². The number of aryl methyl sites for hydroxylation is 1. The predicted molar refractivity (Wildman–Crippen MR) is 107 cm³/mol. The van der Waals surface area contributed by atoms with Gasteiger partial charge >= 0.3 is 6.09 Å². The smallest absolute Gasteiger partial charge is 0.407 e. The third-order valence-corrected chi connectivity index (χ3v) is 5.78. The lowest BCUT2D eigenvalue weighted by Crippen LogP contribution is -2.47. The van der Waals surface area contributed by atoms with Crippen LogP contribution in [0.15, 0.2) is 47.4 Å². The van der Waals surface area contributed by atoms with Gasteiger partial charge in [0.25, 0.3) is 10.1 Å². The second-order valence-electron chi connectivity index (χ2n) is 6.75. The van der Waals surface area contributed by atoms with Gasteiger partial charge in [-0.25, -0.2) is 9.18 Å². The molecule has 1 aliphatic heterocycles. The molecule has 0 bridgehead atoms. The fourth-order valence-electron chi connectivity index (χ4n) is 2.95. The van der Waals surface area contributed by atoms with Gasteiger partial charge in [-0.3, -0.25) is 4.55 Å². The molecule has 2 aromatic rings. The van der Waals surface area contributed by atoms with Crippen molar-refractivity contribution in [1.82, 2.24) is 4.90 Å². The van der Waals surface area contributed by atoms with Crippen LogP contribution in [0.5, 0.6) is 0 Å². The largest absolute Gasteiger partial charge is 0.465 e. The lowest BCUT2D eigenvalue weighted by atomic mass is 9.87. The Balaban J connectivity index is 0.000000234. The Morgan fingerprint density at radius 2 is 1.86 bits per heavy atom. The Bertz CT molecular complexity index is 969. The number of halogens is 2. The molecule has 1 saturated heterocycles. The standard InChI is InChI=1S/C12H14ClFN2O2.C7H8O3S/c13-9-5-7(1-2-10(9)14)8-6-16(12(17)18)4-3-11(8)15;1-6-2-4-7(5-3-6)11(8,9)10/h1-2,5,8,11H,3-4,6,15H2,(H,17,18);2-5H,1H3,(H,8,9,10)/t8-,11+;/m0./s1. The maximum absolute atomic E-state index is 13.1. The predicted octanol–water partition coefficient (Wildman–Crippen LogP) is 3.52. The average molecular weight is 445 g/mol. The van der Waals surface area contributed by atoms with Crippen LogP contribution in [0.4, 0.5) is 9.18 Å². The first kappa shape index (κ1) is 23.1. The number of likely N-dealkylation sites (tertiary alicyclic amines) is 1. The second kappa shape index (κ2) is 9.53. The molecule has 0 unspecified atom stereocenters. The number of hydrogen-bond acceptors (Lipinski definition) is 4. The molecule has 0 spiro atoms. The SMILES string of the molecule is Cc1ccc(S(=O)(=O)O)cc1.N[C@@H]1CCN(C(=O)O)C[C@H]1c1ccc(F)c(Cl)c1. The number of hydrogen-bond donors (Lipinski definition) is 3. The molecule has 2 aromatic carbocycles. The Kier molecular flexibility index (Phi) is 7.59. The van der Waals surface area contributed by atoms with Crippen molar-refractivity contribution in [2.24, 2.45) is 5.73 Å². The van der Waals surface area contributed by atoms with Gasteiger partial charge in [0, 0.05) is 25.0 Å². The molecule has 4 N–H and O–H groups in total. The highest BCUT2D eigenvalue weighted by molar-refractivity contribution is 7.85. The van der Waals surface area contributed by atoms with Crippen LogP contribution in [0.1, 0.15) is 23.5 Å². The van der Waals surface area contributed by atoms with Gasteiger partial charge in [0.05, 0.1) is 9.92 Å². The van der Waals surface area contributed by atoms with E-state index in [2.05, 4.69) is 0 Å². The first-order valence-corrected chi connectivity index (χ1v) is 10.5. The number of nitrogens with zero attached hydrogens (tertiary/aromatic N) is 1. The van der Waals surface area contributed by atoms with Crippen molar-refractivity contribution < 1.29 is 27.3 Å². The van der Waals surface area contributed by atoms with E-state index in [9.17, 15) is 17.6 Å². The number of rotatable bonds is 2. The normalized spacial score (nSPS) is 19.3. The maximum Gasteiger partial charge on any atom is 0.407 e. The number of piperidine rings is 1. The lowest BCUT2D eigenvalue weighted by molar-refractivity contribution is 0.126. The zero-order valence-corrected chi connectivity index (χ0v) is 17.2. The number of carbonyl (C=O) groups is 1. The minimum absolute atomic E-state index is 0.0344. The topological polar surface area (TPSA) is 121 Å². The highest BCUT2D eigenvalue weighted by atomic mass is 35.5. The second-order valence-corrected chi connectivity index (χ2v) is 8.58. The van der Waals surface area contributed by atoms with E-state index in [4.69, 9.17) is 27.0 Å². The Labute approximate surface area is 173 Å². The third-order valence-electron chi connectivity index (χ3n) is 4.63. The monoisotopic (exact) mass is 444 g/mol. The minimum Gasteiger partial charge on any atom is -0.465 e.